The Hall–Kier alpha value is -2.90. The first kappa shape index (κ1) is 21.3. The third-order valence-corrected chi connectivity index (χ3v) is 7.18. The Morgan fingerprint density at radius 3 is 2.45 bits per heavy atom. The zero-order valence-corrected chi connectivity index (χ0v) is 18.5. The molecular weight excluding hydrogens is 410 g/mol. The van der Waals surface area contributed by atoms with Gasteiger partial charge < -0.3 is 9.88 Å². The highest BCUT2D eigenvalue weighted by Crippen LogP contribution is 2.29. The minimum atomic E-state index is -3.78. The van der Waals surface area contributed by atoms with E-state index in [0.29, 0.717) is 13.1 Å². The minimum absolute atomic E-state index is 0.161. The van der Waals surface area contributed by atoms with Crippen molar-refractivity contribution >= 4 is 32.4 Å². The number of para-hydroxylation sites is 1. The average Bonchev–Trinajstić information content (AvgIpc) is 3.22. The topological polar surface area (TPSA) is 82.3 Å². The second kappa shape index (κ2) is 8.69. The van der Waals surface area contributed by atoms with E-state index >= 15 is 0 Å². The molecule has 2 N–H and O–H groups in total. The fourth-order valence-corrected chi connectivity index (χ4v) is 5.31. The molecule has 2 aromatic carbocycles. The molecule has 1 unspecified atom stereocenters. The Labute approximate surface area is 183 Å². The molecule has 31 heavy (non-hydrogen) atoms. The van der Waals surface area contributed by atoms with Crippen LogP contribution in [0, 0.1) is 5.92 Å². The van der Waals surface area contributed by atoms with Crippen LogP contribution in [0.5, 0.6) is 0 Å². The molecule has 1 aliphatic heterocycles. The van der Waals surface area contributed by atoms with Crippen LogP contribution in [0.2, 0.25) is 0 Å². The molecule has 0 saturated heterocycles. The molecule has 7 heteroatoms. The van der Waals surface area contributed by atoms with E-state index in [0.717, 1.165) is 17.5 Å². The number of nitrogens with one attached hydrogen (secondary N) is 2. The summed E-state index contributed by atoms with van der Waals surface area (Å²) in [7, 11) is -3.78. The fourth-order valence-electron chi connectivity index (χ4n) is 3.95. The number of carbonyl (C=O) groups excluding carboxylic acids is 1. The van der Waals surface area contributed by atoms with Crippen LogP contribution in [-0.2, 0) is 14.8 Å². The van der Waals surface area contributed by atoms with Gasteiger partial charge in [0, 0.05) is 35.8 Å². The van der Waals surface area contributed by atoms with E-state index in [-0.39, 0.29) is 16.7 Å². The molecule has 1 aromatic heterocycles. The van der Waals surface area contributed by atoms with Crippen molar-refractivity contribution in [2.75, 3.05) is 13.1 Å². The smallest absolute Gasteiger partial charge is 0.241 e. The summed E-state index contributed by atoms with van der Waals surface area (Å²) in [5.41, 5.74) is 3.45. The van der Waals surface area contributed by atoms with Crippen LogP contribution in [0.3, 0.4) is 0 Å². The van der Waals surface area contributed by atoms with Crippen molar-refractivity contribution in [3.63, 3.8) is 0 Å². The largest absolute Gasteiger partial charge is 0.361 e. The van der Waals surface area contributed by atoms with Crippen LogP contribution in [-0.4, -0.2) is 43.3 Å². The van der Waals surface area contributed by atoms with E-state index < -0.39 is 16.1 Å². The fraction of sp³-hybridized carbons (Fsp3) is 0.292. The summed E-state index contributed by atoms with van der Waals surface area (Å²) in [6, 6.07) is 15.5. The maximum atomic E-state index is 13.2. The predicted molar refractivity (Wildman–Crippen MR) is 123 cm³/mol. The molecule has 0 saturated carbocycles. The summed E-state index contributed by atoms with van der Waals surface area (Å²) in [6.45, 7) is 4.73. The van der Waals surface area contributed by atoms with E-state index in [4.69, 9.17) is 0 Å². The van der Waals surface area contributed by atoms with Gasteiger partial charge in [-0.2, -0.15) is 4.72 Å². The average molecular weight is 438 g/mol. The number of H-pyrrole nitrogens is 1. The Morgan fingerprint density at radius 2 is 1.77 bits per heavy atom. The molecule has 0 bridgehead atoms. The number of sulfonamides is 1. The number of benzene rings is 2. The molecule has 0 spiro atoms. The molecule has 4 rings (SSSR count). The van der Waals surface area contributed by atoms with Gasteiger partial charge in [-0.15, -0.1) is 0 Å². The van der Waals surface area contributed by atoms with Crippen LogP contribution in [0.4, 0.5) is 0 Å². The van der Waals surface area contributed by atoms with Crippen molar-refractivity contribution in [2.24, 2.45) is 5.92 Å². The highest BCUT2D eigenvalue weighted by atomic mass is 32.2. The number of aromatic amines is 1. The van der Waals surface area contributed by atoms with E-state index in [1.807, 2.05) is 38.2 Å². The van der Waals surface area contributed by atoms with E-state index in [1.165, 1.54) is 23.1 Å². The molecular formula is C24H27N3O3S. The number of hydrogen-bond acceptors (Lipinski definition) is 3. The van der Waals surface area contributed by atoms with Crippen molar-refractivity contribution in [3.8, 4) is 0 Å². The van der Waals surface area contributed by atoms with Crippen LogP contribution in [0.15, 0.2) is 71.8 Å². The first-order valence-electron chi connectivity index (χ1n) is 10.5. The second-order valence-electron chi connectivity index (χ2n) is 8.17. The Morgan fingerprint density at radius 1 is 1.06 bits per heavy atom. The minimum Gasteiger partial charge on any atom is -0.361 e. The maximum Gasteiger partial charge on any atom is 0.241 e. The highest BCUT2D eigenvalue weighted by Gasteiger charge is 2.32. The monoisotopic (exact) mass is 437 g/mol. The van der Waals surface area contributed by atoms with Gasteiger partial charge in [0.25, 0.3) is 0 Å². The van der Waals surface area contributed by atoms with E-state index in [2.05, 4.69) is 21.8 Å². The normalized spacial score (nSPS) is 15.8. The van der Waals surface area contributed by atoms with Gasteiger partial charge in [-0.05, 0) is 36.1 Å². The Balaban J connectivity index is 1.50. The predicted octanol–water partition coefficient (Wildman–Crippen LogP) is 3.79. The van der Waals surface area contributed by atoms with Crippen molar-refractivity contribution in [1.82, 2.24) is 14.6 Å². The zero-order valence-electron chi connectivity index (χ0n) is 17.7. The first-order valence-corrected chi connectivity index (χ1v) is 12.0. The number of nitrogens with zero attached hydrogens (tertiary/aromatic N) is 1. The summed E-state index contributed by atoms with van der Waals surface area (Å²) in [5, 5.41) is 1.17. The number of carbonyl (C=O) groups is 1. The van der Waals surface area contributed by atoms with Crippen molar-refractivity contribution in [3.05, 3.63) is 72.4 Å². The lowest BCUT2D eigenvalue weighted by Gasteiger charge is -2.31. The van der Waals surface area contributed by atoms with Gasteiger partial charge in [-0.25, -0.2) is 8.42 Å². The SMILES string of the molecule is CC(C)C(NS(=O)(=O)c1ccccc1)C(=O)N1CC=C(c2c[nH]c3ccccc23)CC1. The standard InChI is InChI=1S/C24H27N3O3S/c1-17(2)23(26-31(29,30)19-8-4-3-5-9-19)24(28)27-14-12-18(13-15-27)21-16-25-22-11-7-6-10-20(21)22/h3-12,16-17,23,25-26H,13-15H2,1-2H3. The quantitative estimate of drug-likeness (QED) is 0.616. The van der Waals surface area contributed by atoms with Gasteiger partial charge in [0.2, 0.25) is 15.9 Å². The van der Waals surface area contributed by atoms with Crippen LogP contribution in [0.25, 0.3) is 16.5 Å². The highest BCUT2D eigenvalue weighted by molar-refractivity contribution is 7.89. The number of amides is 1. The van der Waals surface area contributed by atoms with Gasteiger partial charge in [0.15, 0.2) is 0 Å². The zero-order chi connectivity index (χ0) is 22.0. The van der Waals surface area contributed by atoms with Gasteiger partial charge in [0.1, 0.15) is 6.04 Å². The summed E-state index contributed by atoms with van der Waals surface area (Å²) in [5.74, 6) is -0.367. The second-order valence-corrected chi connectivity index (χ2v) is 9.88. The third-order valence-electron chi connectivity index (χ3n) is 5.72. The van der Waals surface area contributed by atoms with Crippen LogP contribution in [0.1, 0.15) is 25.8 Å². The van der Waals surface area contributed by atoms with E-state index in [9.17, 15) is 13.2 Å². The van der Waals surface area contributed by atoms with Gasteiger partial charge >= 0.3 is 0 Å². The molecule has 162 valence electrons. The van der Waals surface area contributed by atoms with Crippen molar-refractivity contribution in [2.45, 2.75) is 31.2 Å². The molecule has 0 radical (unpaired) electrons. The molecule has 1 aliphatic rings. The molecule has 2 heterocycles. The molecule has 3 aromatic rings. The molecule has 0 fully saturated rings. The van der Waals surface area contributed by atoms with Crippen LogP contribution >= 0.6 is 0 Å². The van der Waals surface area contributed by atoms with Crippen molar-refractivity contribution < 1.29 is 13.2 Å². The molecule has 6 nitrogen and oxygen atoms in total. The summed E-state index contributed by atoms with van der Waals surface area (Å²) in [4.78, 5) is 18.4. The molecule has 0 aliphatic carbocycles. The Bertz CT molecular complexity index is 1210. The first-order chi connectivity index (χ1) is 14.9. The number of fused-ring (bicyclic) bond motifs is 1. The van der Waals surface area contributed by atoms with Crippen LogP contribution < -0.4 is 4.72 Å². The lowest BCUT2D eigenvalue weighted by Crippen LogP contribution is -2.52. The van der Waals surface area contributed by atoms with E-state index in [1.54, 1.807) is 23.1 Å². The summed E-state index contributed by atoms with van der Waals surface area (Å²) in [6.07, 6.45) is 4.81. The molecule has 1 amide bonds. The lowest BCUT2D eigenvalue weighted by atomic mass is 9.97. The lowest BCUT2D eigenvalue weighted by molar-refractivity contribution is -0.133. The van der Waals surface area contributed by atoms with Crippen molar-refractivity contribution in [1.29, 1.82) is 0 Å². The van der Waals surface area contributed by atoms with Gasteiger partial charge in [0.05, 0.1) is 4.90 Å². The van der Waals surface area contributed by atoms with Gasteiger partial charge in [-0.1, -0.05) is 56.3 Å². The number of aromatic nitrogens is 1. The summed E-state index contributed by atoms with van der Waals surface area (Å²) >= 11 is 0. The third kappa shape index (κ3) is 4.43. The number of rotatable bonds is 6. The Kier molecular flexibility index (Phi) is 5.98. The van der Waals surface area contributed by atoms with Gasteiger partial charge in [-0.3, -0.25) is 4.79 Å². The molecule has 1 atom stereocenters. The maximum absolute atomic E-state index is 13.2. The summed E-state index contributed by atoms with van der Waals surface area (Å²) < 4.78 is 28.2. The number of hydrogen-bond donors (Lipinski definition) is 2.